The van der Waals surface area contributed by atoms with Crippen LogP contribution in [0.1, 0.15) is 32.6 Å². The van der Waals surface area contributed by atoms with Crippen molar-refractivity contribution in [1.29, 1.82) is 0 Å². The maximum absolute atomic E-state index is 5.64. The van der Waals surface area contributed by atoms with Crippen LogP contribution < -0.4 is 11.1 Å². The van der Waals surface area contributed by atoms with Crippen molar-refractivity contribution in [3.8, 4) is 0 Å². The third kappa shape index (κ3) is 3.81. The summed E-state index contributed by atoms with van der Waals surface area (Å²) in [5.74, 6) is 1.64. The summed E-state index contributed by atoms with van der Waals surface area (Å²) < 4.78 is 0. The number of nitrogens with one attached hydrogen (secondary N) is 1. The van der Waals surface area contributed by atoms with Crippen molar-refractivity contribution in [3.05, 3.63) is 12.3 Å². The Labute approximate surface area is 81.6 Å². The number of hydrogen-bond acceptors (Lipinski definition) is 2. The maximum Gasteiger partial charge on any atom is 0.0172 e. The van der Waals surface area contributed by atoms with Gasteiger partial charge in [-0.1, -0.05) is 6.58 Å². The predicted molar refractivity (Wildman–Crippen MR) is 57.3 cm³/mol. The van der Waals surface area contributed by atoms with Gasteiger partial charge in [0.2, 0.25) is 0 Å². The van der Waals surface area contributed by atoms with E-state index in [0.717, 1.165) is 30.6 Å². The van der Waals surface area contributed by atoms with Gasteiger partial charge >= 0.3 is 0 Å². The summed E-state index contributed by atoms with van der Waals surface area (Å²) in [4.78, 5) is 0. The van der Waals surface area contributed by atoms with Crippen molar-refractivity contribution < 1.29 is 0 Å². The average Bonchev–Trinajstić information content (AvgIpc) is 2.15. The fourth-order valence-corrected chi connectivity index (χ4v) is 1.99. The van der Waals surface area contributed by atoms with E-state index in [0.29, 0.717) is 0 Å². The molecule has 13 heavy (non-hydrogen) atoms. The Morgan fingerprint density at radius 3 is 2.31 bits per heavy atom. The van der Waals surface area contributed by atoms with Crippen molar-refractivity contribution in [1.82, 2.24) is 5.32 Å². The molecule has 3 N–H and O–H groups in total. The number of hydrogen-bond donors (Lipinski definition) is 2. The first-order valence-corrected chi connectivity index (χ1v) is 5.31. The van der Waals surface area contributed by atoms with E-state index in [-0.39, 0.29) is 0 Å². The van der Waals surface area contributed by atoms with Crippen LogP contribution in [0.2, 0.25) is 0 Å². The van der Waals surface area contributed by atoms with E-state index in [9.17, 15) is 0 Å². The summed E-state index contributed by atoms with van der Waals surface area (Å²) in [6.45, 7) is 7.84. The monoisotopic (exact) mass is 182 g/mol. The second-order valence-electron chi connectivity index (χ2n) is 4.28. The third-order valence-corrected chi connectivity index (χ3v) is 2.99. The highest BCUT2D eigenvalue weighted by atomic mass is 14.9. The highest BCUT2D eigenvalue weighted by molar-refractivity contribution is 4.86. The fourth-order valence-electron chi connectivity index (χ4n) is 1.99. The van der Waals surface area contributed by atoms with E-state index in [1.54, 1.807) is 0 Å². The summed E-state index contributed by atoms with van der Waals surface area (Å²) in [5.41, 5.74) is 6.73. The van der Waals surface area contributed by atoms with Gasteiger partial charge in [0.15, 0.2) is 0 Å². The lowest BCUT2D eigenvalue weighted by Gasteiger charge is -2.27. The molecule has 1 rings (SSSR count). The summed E-state index contributed by atoms with van der Waals surface area (Å²) in [5, 5.41) is 3.32. The molecule has 1 saturated carbocycles. The van der Waals surface area contributed by atoms with Crippen LogP contribution in [0.15, 0.2) is 12.3 Å². The average molecular weight is 182 g/mol. The van der Waals surface area contributed by atoms with Crippen molar-refractivity contribution in [3.63, 3.8) is 0 Å². The molecule has 0 aliphatic heterocycles. The van der Waals surface area contributed by atoms with E-state index in [4.69, 9.17) is 5.73 Å². The zero-order valence-electron chi connectivity index (χ0n) is 8.68. The molecule has 1 fully saturated rings. The van der Waals surface area contributed by atoms with Gasteiger partial charge in [-0.05, 0) is 51.0 Å². The largest absolute Gasteiger partial charge is 0.389 e. The molecule has 0 bridgehead atoms. The van der Waals surface area contributed by atoms with Crippen LogP contribution in [-0.4, -0.2) is 13.1 Å². The summed E-state index contributed by atoms with van der Waals surface area (Å²) in [6.07, 6.45) is 5.31. The molecule has 0 aromatic carbocycles. The lowest BCUT2D eigenvalue weighted by atomic mass is 9.82. The Morgan fingerprint density at radius 1 is 1.31 bits per heavy atom. The molecule has 0 heterocycles. The lowest BCUT2D eigenvalue weighted by molar-refractivity contribution is 0.277. The van der Waals surface area contributed by atoms with Crippen LogP contribution in [-0.2, 0) is 0 Å². The molecule has 0 aromatic rings. The van der Waals surface area contributed by atoms with Crippen LogP contribution in [0.5, 0.6) is 0 Å². The molecule has 0 unspecified atom stereocenters. The van der Waals surface area contributed by atoms with Crippen LogP contribution >= 0.6 is 0 Å². The van der Waals surface area contributed by atoms with Crippen molar-refractivity contribution in [2.24, 2.45) is 17.6 Å². The van der Waals surface area contributed by atoms with Crippen molar-refractivity contribution in [2.45, 2.75) is 32.6 Å². The summed E-state index contributed by atoms with van der Waals surface area (Å²) in [6, 6.07) is 0. The minimum atomic E-state index is 0.793. The second-order valence-corrected chi connectivity index (χ2v) is 4.28. The molecule has 0 amide bonds. The van der Waals surface area contributed by atoms with Gasteiger partial charge in [-0.3, -0.25) is 0 Å². The van der Waals surface area contributed by atoms with E-state index in [2.05, 4.69) is 11.9 Å². The van der Waals surface area contributed by atoms with E-state index < -0.39 is 0 Å². The number of rotatable bonds is 4. The Balaban J connectivity index is 2.14. The van der Waals surface area contributed by atoms with E-state index in [1.165, 1.54) is 25.7 Å². The van der Waals surface area contributed by atoms with Gasteiger partial charge in [-0.2, -0.15) is 0 Å². The molecule has 1 aliphatic carbocycles. The second kappa shape index (κ2) is 5.28. The molecule has 1 aliphatic rings. The minimum Gasteiger partial charge on any atom is -0.389 e. The first kappa shape index (κ1) is 10.6. The van der Waals surface area contributed by atoms with E-state index >= 15 is 0 Å². The normalized spacial score (nSPS) is 28.5. The van der Waals surface area contributed by atoms with Gasteiger partial charge in [-0.15, -0.1) is 0 Å². The fraction of sp³-hybridized carbons (Fsp3) is 0.818. The van der Waals surface area contributed by atoms with Gasteiger partial charge in [-0.25, -0.2) is 0 Å². The molecule has 0 aromatic heterocycles. The number of nitrogens with two attached hydrogens (primary N) is 1. The molecular formula is C11H22N2. The molecule has 2 heteroatoms. The topological polar surface area (TPSA) is 38.0 Å². The molecule has 0 saturated heterocycles. The lowest BCUT2D eigenvalue weighted by Crippen LogP contribution is -2.27. The molecule has 0 atom stereocenters. The van der Waals surface area contributed by atoms with Crippen LogP contribution in [0, 0.1) is 11.8 Å². The molecule has 76 valence electrons. The third-order valence-electron chi connectivity index (χ3n) is 2.99. The van der Waals surface area contributed by atoms with Gasteiger partial charge in [0.25, 0.3) is 0 Å². The van der Waals surface area contributed by atoms with Crippen molar-refractivity contribution >= 4 is 0 Å². The molecule has 0 radical (unpaired) electrons. The van der Waals surface area contributed by atoms with Gasteiger partial charge in [0.05, 0.1) is 0 Å². The SMILES string of the molecule is C=C(C)NCC1CCC(CN)CC1. The first-order valence-electron chi connectivity index (χ1n) is 5.31. The number of allylic oxidation sites excluding steroid dienone is 1. The van der Waals surface area contributed by atoms with Crippen LogP contribution in [0.25, 0.3) is 0 Å². The van der Waals surface area contributed by atoms with E-state index in [1.807, 2.05) is 6.92 Å². The van der Waals surface area contributed by atoms with Gasteiger partial charge in [0.1, 0.15) is 0 Å². The van der Waals surface area contributed by atoms with Crippen LogP contribution in [0.4, 0.5) is 0 Å². The van der Waals surface area contributed by atoms with Crippen molar-refractivity contribution in [2.75, 3.05) is 13.1 Å². The Hall–Kier alpha value is -0.500. The Bertz CT molecular complexity index is 157. The summed E-state index contributed by atoms with van der Waals surface area (Å²) >= 11 is 0. The zero-order valence-corrected chi connectivity index (χ0v) is 8.68. The molecule has 0 spiro atoms. The van der Waals surface area contributed by atoms with Crippen LogP contribution in [0.3, 0.4) is 0 Å². The Kier molecular flexibility index (Phi) is 4.29. The standard InChI is InChI=1S/C11H22N2/c1-9(2)13-8-11-5-3-10(7-12)4-6-11/h10-11,13H,1,3-8,12H2,2H3. The van der Waals surface area contributed by atoms with Gasteiger partial charge in [0, 0.05) is 12.2 Å². The quantitative estimate of drug-likeness (QED) is 0.696. The zero-order chi connectivity index (χ0) is 9.68. The minimum absolute atomic E-state index is 0.793. The summed E-state index contributed by atoms with van der Waals surface area (Å²) in [7, 11) is 0. The van der Waals surface area contributed by atoms with Gasteiger partial charge < -0.3 is 11.1 Å². The predicted octanol–water partition coefficient (Wildman–Crippen LogP) is 1.87. The molecular weight excluding hydrogens is 160 g/mol. The highest BCUT2D eigenvalue weighted by Crippen LogP contribution is 2.27. The highest BCUT2D eigenvalue weighted by Gasteiger charge is 2.19. The first-order chi connectivity index (χ1) is 6.22. The maximum atomic E-state index is 5.64. The smallest absolute Gasteiger partial charge is 0.0172 e. The Morgan fingerprint density at radius 2 is 1.85 bits per heavy atom. The molecule has 2 nitrogen and oxygen atoms in total.